The Labute approximate surface area is 96.7 Å². The van der Waals surface area contributed by atoms with E-state index < -0.39 is 11.7 Å². The number of fused-ring (bicyclic) bond motifs is 1. The molecule has 92 valence electrons. The minimum absolute atomic E-state index is 0.0741. The minimum Gasteiger partial charge on any atom is -0.326 e. The van der Waals surface area contributed by atoms with Crippen molar-refractivity contribution in [3.05, 3.63) is 29.1 Å². The number of carbonyl (C=O) groups is 1. The van der Waals surface area contributed by atoms with Crippen molar-refractivity contribution < 1.29 is 18.0 Å². The summed E-state index contributed by atoms with van der Waals surface area (Å²) in [6.07, 6.45) is -1.31. The topological polar surface area (TPSA) is 22.0 Å². The van der Waals surface area contributed by atoms with Crippen LogP contribution in [-0.4, -0.2) is 10.4 Å². The zero-order valence-electron chi connectivity index (χ0n) is 9.51. The SMILES string of the molecule is CC(=O)C1=Cn2cc(C(F)(F)F)cc2[C@@H](C)C1. The van der Waals surface area contributed by atoms with Gasteiger partial charge in [-0.3, -0.25) is 4.79 Å². The van der Waals surface area contributed by atoms with E-state index in [0.717, 1.165) is 12.3 Å². The molecule has 5 heteroatoms. The molecule has 1 aliphatic heterocycles. The maximum absolute atomic E-state index is 12.6. The van der Waals surface area contributed by atoms with E-state index in [-0.39, 0.29) is 11.7 Å². The third-order valence-electron chi connectivity index (χ3n) is 2.99. The van der Waals surface area contributed by atoms with Gasteiger partial charge in [0.2, 0.25) is 0 Å². The Hall–Kier alpha value is -1.52. The molecular weight excluding hydrogens is 231 g/mol. The van der Waals surface area contributed by atoms with Crippen molar-refractivity contribution >= 4 is 12.0 Å². The highest BCUT2D eigenvalue weighted by Gasteiger charge is 2.34. The van der Waals surface area contributed by atoms with Crippen LogP contribution in [0, 0.1) is 0 Å². The quantitative estimate of drug-likeness (QED) is 0.740. The van der Waals surface area contributed by atoms with Crippen LogP contribution in [-0.2, 0) is 11.0 Å². The molecule has 0 aromatic carbocycles. The van der Waals surface area contributed by atoms with Crippen molar-refractivity contribution in [2.75, 3.05) is 0 Å². The predicted octanol–water partition coefficient (Wildman–Crippen LogP) is 3.44. The number of aromatic nitrogens is 1. The molecule has 0 amide bonds. The molecule has 1 atom stereocenters. The average molecular weight is 243 g/mol. The molecule has 0 fully saturated rings. The van der Waals surface area contributed by atoms with Gasteiger partial charge in [-0.2, -0.15) is 13.2 Å². The molecule has 0 saturated carbocycles. The van der Waals surface area contributed by atoms with Gasteiger partial charge in [-0.25, -0.2) is 0 Å². The minimum atomic E-state index is -4.34. The highest BCUT2D eigenvalue weighted by molar-refractivity contribution is 5.96. The fourth-order valence-electron chi connectivity index (χ4n) is 2.05. The third kappa shape index (κ3) is 2.14. The van der Waals surface area contributed by atoms with E-state index in [0.29, 0.717) is 17.7 Å². The molecule has 0 saturated heterocycles. The number of rotatable bonds is 1. The van der Waals surface area contributed by atoms with E-state index in [1.54, 1.807) is 0 Å². The Morgan fingerprint density at radius 1 is 1.47 bits per heavy atom. The summed E-state index contributed by atoms with van der Waals surface area (Å²) in [5.74, 6) is -0.167. The second-order valence-corrected chi connectivity index (χ2v) is 4.37. The van der Waals surface area contributed by atoms with Crippen LogP contribution in [0.25, 0.3) is 6.20 Å². The fraction of sp³-hybridized carbons (Fsp3) is 0.417. The summed E-state index contributed by atoms with van der Waals surface area (Å²) < 4.78 is 39.1. The predicted molar refractivity (Wildman–Crippen MR) is 57.4 cm³/mol. The summed E-state index contributed by atoms with van der Waals surface area (Å²) >= 11 is 0. The summed E-state index contributed by atoms with van der Waals surface area (Å²) in [6.45, 7) is 3.25. The maximum Gasteiger partial charge on any atom is 0.417 e. The van der Waals surface area contributed by atoms with E-state index in [9.17, 15) is 18.0 Å². The first-order valence-corrected chi connectivity index (χ1v) is 5.29. The van der Waals surface area contributed by atoms with Crippen LogP contribution in [0.15, 0.2) is 17.8 Å². The summed E-state index contributed by atoms with van der Waals surface area (Å²) in [5.41, 5.74) is 0.497. The zero-order valence-corrected chi connectivity index (χ0v) is 9.51. The van der Waals surface area contributed by atoms with Gasteiger partial charge in [0, 0.05) is 29.6 Å². The van der Waals surface area contributed by atoms with Crippen LogP contribution in [0.3, 0.4) is 0 Å². The second-order valence-electron chi connectivity index (χ2n) is 4.37. The molecule has 0 N–H and O–H groups in total. The van der Waals surface area contributed by atoms with Crippen molar-refractivity contribution in [1.82, 2.24) is 4.57 Å². The Kier molecular flexibility index (Phi) is 2.64. The zero-order chi connectivity index (χ0) is 12.8. The number of nitrogens with zero attached hydrogens (tertiary/aromatic N) is 1. The Bertz CT molecular complexity index is 496. The maximum atomic E-state index is 12.6. The van der Waals surface area contributed by atoms with Crippen LogP contribution >= 0.6 is 0 Å². The van der Waals surface area contributed by atoms with Crippen LogP contribution in [0.4, 0.5) is 13.2 Å². The number of carbonyl (C=O) groups excluding carboxylic acids is 1. The van der Waals surface area contributed by atoms with E-state index in [1.165, 1.54) is 17.7 Å². The van der Waals surface area contributed by atoms with Gasteiger partial charge in [-0.05, 0) is 19.4 Å². The summed E-state index contributed by atoms with van der Waals surface area (Å²) in [7, 11) is 0. The molecule has 1 aromatic heterocycles. The Morgan fingerprint density at radius 3 is 2.65 bits per heavy atom. The van der Waals surface area contributed by atoms with Gasteiger partial charge in [0.15, 0.2) is 5.78 Å². The molecule has 0 bridgehead atoms. The van der Waals surface area contributed by atoms with E-state index in [2.05, 4.69) is 0 Å². The highest BCUT2D eigenvalue weighted by atomic mass is 19.4. The van der Waals surface area contributed by atoms with Crippen molar-refractivity contribution in [3.8, 4) is 0 Å². The lowest BCUT2D eigenvalue weighted by molar-refractivity contribution is -0.137. The molecule has 2 nitrogen and oxygen atoms in total. The molecule has 0 unspecified atom stereocenters. The smallest absolute Gasteiger partial charge is 0.326 e. The monoisotopic (exact) mass is 243 g/mol. The number of ketones is 1. The first kappa shape index (κ1) is 12.0. The van der Waals surface area contributed by atoms with Gasteiger partial charge in [-0.15, -0.1) is 0 Å². The molecule has 0 spiro atoms. The lowest BCUT2D eigenvalue weighted by Crippen LogP contribution is -2.11. The lowest BCUT2D eigenvalue weighted by Gasteiger charge is -2.20. The van der Waals surface area contributed by atoms with Gasteiger partial charge >= 0.3 is 6.18 Å². The molecule has 1 aliphatic rings. The number of allylic oxidation sites excluding steroid dienone is 1. The second kappa shape index (κ2) is 3.75. The van der Waals surface area contributed by atoms with Crippen LogP contribution < -0.4 is 0 Å². The van der Waals surface area contributed by atoms with Crippen LogP contribution in [0.2, 0.25) is 0 Å². The van der Waals surface area contributed by atoms with Gasteiger partial charge in [0.1, 0.15) is 0 Å². The molecule has 1 aromatic rings. The number of halogens is 3. The van der Waals surface area contributed by atoms with Gasteiger partial charge in [-0.1, -0.05) is 6.92 Å². The van der Waals surface area contributed by atoms with Crippen molar-refractivity contribution in [3.63, 3.8) is 0 Å². The third-order valence-corrected chi connectivity index (χ3v) is 2.99. The summed E-state index contributed by atoms with van der Waals surface area (Å²) in [5, 5.41) is 0. The van der Waals surface area contributed by atoms with Crippen molar-refractivity contribution in [2.24, 2.45) is 0 Å². The molecule has 0 aliphatic carbocycles. The Balaban J connectivity index is 2.48. The fourth-order valence-corrected chi connectivity index (χ4v) is 2.05. The summed E-state index contributed by atoms with van der Waals surface area (Å²) in [6, 6.07) is 1.15. The van der Waals surface area contributed by atoms with Gasteiger partial charge < -0.3 is 4.57 Å². The molecule has 0 radical (unpaired) electrons. The van der Waals surface area contributed by atoms with E-state index >= 15 is 0 Å². The largest absolute Gasteiger partial charge is 0.417 e. The first-order valence-electron chi connectivity index (χ1n) is 5.29. The van der Waals surface area contributed by atoms with Crippen LogP contribution in [0.5, 0.6) is 0 Å². The average Bonchev–Trinajstić information content (AvgIpc) is 2.60. The molecule has 2 heterocycles. The standard InChI is InChI=1S/C12H12F3NO/c1-7-3-9(8(2)17)5-16-6-10(4-11(7)16)12(13,14)15/h4-7H,3H2,1-2H3/t7-/m0/s1. The normalized spacial score (nSPS) is 19.8. The number of alkyl halides is 3. The van der Waals surface area contributed by atoms with E-state index in [1.807, 2.05) is 6.92 Å². The van der Waals surface area contributed by atoms with Crippen LogP contribution in [0.1, 0.15) is 37.4 Å². The first-order chi connectivity index (χ1) is 7.79. The van der Waals surface area contributed by atoms with E-state index in [4.69, 9.17) is 0 Å². The van der Waals surface area contributed by atoms with Gasteiger partial charge in [0.25, 0.3) is 0 Å². The molecule has 17 heavy (non-hydrogen) atoms. The Morgan fingerprint density at radius 2 is 2.12 bits per heavy atom. The van der Waals surface area contributed by atoms with Crippen molar-refractivity contribution in [2.45, 2.75) is 32.4 Å². The number of hydrogen-bond acceptors (Lipinski definition) is 1. The lowest BCUT2D eigenvalue weighted by atomic mass is 9.94. The van der Waals surface area contributed by atoms with Gasteiger partial charge in [0.05, 0.1) is 5.56 Å². The molecule has 2 rings (SSSR count). The van der Waals surface area contributed by atoms with Crippen molar-refractivity contribution in [1.29, 1.82) is 0 Å². The number of hydrogen-bond donors (Lipinski definition) is 0. The molecular formula is C12H12F3NO. The number of Topliss-reactive ketones (excluding diaryl/α,β-unsaturated/α-hetero) is 1. The summed E-state index contributed by atoms with van der Waals surface area (Å²) in [4.78, 5) is 11.3. The highest BCUT2D eigenvalue weighted by Crippen LogP contribution is 2.36.